The topological polar surface area (TPSA) is 101 Å². The highest BCUT2D eigenvalue weighted by atomic mass is 79.9. The Labute approximate surface area is 129 Å². The molecular weight excluding hydrogens is 340 g/mol. The van der Waals surface area contributed by atoms with Crippen LogP contribution < -0.4 is 5.73 Å². The van der Waals surface area contributed by atoms with E-state index in [9.17, 15) is 19.5 Å². The Morgan fingerprint density at radius 2 is 1.90 bits per heavy atom. The maximum Gasteiger partial charge on any atom is 0.290 e. The third-order valence-corrected chi connectivity index (χ3v) is 3.72. The molecule has 1 aliphatic heterocycles. The van der Waals surface area contributed by atoms with Gasteiger partial charge in [-0.2, -0.15) is 0 Å². The number of aliphatic hydroxyl groups excluding tert-OH is 1. The molecule has 0 aromatic heterocycles. The standard InChI is InChI=1S/C14H13BrN2O4/c1-7(18)11-12(8-2-4-9(15)5-3-8)17(6-10(16)19)14(21)13(11)20/h2-5,12,20H,6H2,1H3,(H2,16,19)/t12-/m1/s1. The molecule has 1 aromatic carbocycles. The number of ketones is 1. The summed E-state index contributed by atoms with van der Waals surface area (Å²) >= 11 is 3.29. The molecule has 0 saturated carbocycles. The van der Waals surface area contributed by atoms with Crippen molar-refractivity contribution in [2.45, 2.75) is 13.0 Å². The van der Waals surface area contributed by atoms with Crippen LogP contribution in [-0.2, 0) is 14.4 Å². The van der Waals surface area contributed by atoms with Crippen LogP contribution in [0.4, 0.5) is 0 Å². The molecule has 21 heavy (non-hydrogen) atoms. The number of Topliss-reactive ketones (excluding diaryl/α,β-unsaturated/α-hetero) is 1. The van der Waals surface area contributed by atoms with Crippen molar-refractivity contribution in [3.63, 3.8) is 0 Å². The lowest BCUT2D eigenvalue weighted by Crippen LogP contribution is -2.38. The van der Waals surface area contributed by atoms with E-state index in [1.807, 2.05) is 0 Å². The maximum atomic E-state index is 12.1. The fourth-order valence-electron chi connectivity index (χ4n) is 2.34. The van der Waals surface area contributed by atoms with Gasteiger partial charge in [0.2, 0.25) is 5.91 Å². The number of amides is 2. The lowest BCUT2D eigenvalue weighted by atomic mass is 9.97. The lowest BCUT2D eigenvalue weighted by Gasteiger charge is -2.25. The summed E-state index contributed by atoms with van der Waals surface area (Å²) in [4.78, 5) is 36.1. The fraction of sp³-hybridized carbons (Fsp3) is 0.214. The fourth-order valence-corrected chi connectivity index (χ4v) is 2.60. The van der Waals surface area contributed by atoms with Crippen molar-refractivity contribution < 1.29 is 19.5 Å². The van der Waals surface area contributed by atoms with Crippen molar-refractivity contribution in [3.05, 3.63) is 45.6 Å². The van der Waals surface area contributed by atoms with E-state index >= 15 is 0 Å². The molecule has 2 amide bonds. The van der Waals surface area contributed by atoms with Gasteiger partial charge >= 0.3 is 0 Å². The zero-order valence-corrected chi connectivity index (χ0v) is 12.8. The van der Waals surface area contributed by atoms with E-state index < -0.39 is 29.4 Å². The SMILES string of the molecule is CC(=O)C1=C(O)C(=O)N(CC(N)=O)[C@@H]1c1ccc(Br)cc1. The molecule has 1 atom stereocenters. The average Bonchev–Trinajstić information content (AvgIpc) is 2.64. The van der Waals surface area contributed by atoms with Gasteiger partial charge in [-0.05, 0) is 24.6 Å². The molecule has 7 heteroatoms. The molecule has 2 rings (SSSR count). The first kappa shape index (κ1) is 15.2. The highest BCUT2D eigenvalue weighted by molar-refractivity contribution is 9.10. The lowest BCUT2D eigenvalue weighted by molar-refractivity contribution is -0.133. The summed E-state index contributed by atoms with van der Waals surface area (Å²) in [6, 6.07) is 6.09. The summed E-state index contributed by atoms with van der Waals surface area (Å²) in [5.74, 6) is -2.55. The zero-order chi connectivity index (χ0) is 15.7. The van der Waals surface area contributed by atoms with E-state index in [1.54, 1.807) is 24.3 Å². The first-order valence-electron chi connectivity index (χ1n) is 6.11. The minimum Gasteiger partial charge on any atom is -0.503 e. The highest BCUT2D eigenvalue weighted by Gasteiger charge is 2.42. The van der Waals surface area contributed by atoms with E-state index in [4.69, 9.17) is 5.73 Å². The van der Waals surface area contributed by atoms with Crippen LogP contribution in [0.2, 0.25) is 0 Å². The van der Waals surface area contributed by atoms with Crippen molar-refractivity contribution >= 4 is 33.5 Å². The molecule has 0 radical (unpaired) electrons. The predicted molar refractivity (Wildman–Crippen MR) is 78.1 cm³/mol. The number of carbonyl (C=O) groups excluding carboxylic acids is 3. The van der Waals surface area contributed by atoms with Gasteiger partial charge in [0, 0.05) is 4.47 Å². The molecule has 6 nitrogen and oxygen atoms in total. The van der Waals surface area contributed by atoms with Crippen molar-refractivity contribution in [2.24, 2.45) is 5.73 Å². The van der Waals surface area contributed by atoms with Crippen molar-refractivity contribution in [1.29, 1.82) is 0 Å². The van der Waals surface area contributed by atoms with E-state index in [0.717, 1.165) is 9.37 Å². The Morgan fingerprint density at radius 1 is 1.33 bits per heavy atom. The molecular formula is C14H13BrN2O4. The molecule has 1 aliphatic rings. The molecule has 0 unspecified atom stereocenters. The number of primary amides is 1. The normalized spacial score (nSPS) is 18.3. The van der Waals surface area contributed by atoms with Crippen LogP contribution in [0.15, 0.2) is 40.1 Å². The number of nitrogens with zero attached hydrogens (tertiary/aromatic N) is 1. The van der Waals surface area contributed by atoms with Gasteiger partial charge in [0.05, 0.1) is 11.6 Å². The molecule has 110 valence electrons. The number of halogens is 1. The van der Waals surface area contributed by atoms with Crippen LogP contribution in [0.5, 0.6) is 0 Å². The molecule has 1 heterocycles. The first-order chi connectivity index (χ1) is 9.82. The molecule has 3 N–H and O–H groups in total. The van der Waals surface area contributed by atoms with Gasteiger partial charge in [-0.25, -0.2) is 0 Å². The smallest absolute Gasteiger partial charge is 0.290 e. The molecule has 0 saturated heterocycles. The largest absolute Gasteiger partial charge is 0.503 e. The van der Waals surface area contributed by atoms with Crippen LogP contribution in [0.1, 0.15) is 18.5 Å². The third kappa shape index (κ3) is 2.82. The van der Waals surface area contributed by atoms with Gasteiger partial charge in [0.15, 0.2) is 11.5 Å². The molecule has 0 aliphatic carbocycles. The highest BCUT2D eigenvalue weighted by Crippen LogP contribution is 2.37. The Morgan fingerprint density at radius 3 is 2.38 bits per heavy atom. The maximum absolute atomic E-state index is 12.1. The number of hydrogen-bond acceptors (Lipinski definition) is 4. The van der Waals surface area contributed by atoms with E-state index in [2.05, 4.69) is 15.9 Å². The van der Waals surface area contributed by atoms with Crippen LogP contribution in [-0.4, -0.2) is 34.1 Å². The first-order valence-corrected chi connectivity index (χ1v) is 6.91. The molecule has 0 spiro atoms. The van der Waals surface area contributed by atoms with Gasteiger partial charge < -0.3 is 15.7 Å². The average molecular weight is 353 g/mol. The van der Waals surface area contributed by atoms with E-state index in [-0.39, 0.29) is 12.1 Å². The minimum atomic E-state index is -0.810. The van der Waals surface area contributed by atoms with Crippen molar-refractivity contribution in [1.82, 2.24) is 4.90 Å². The van der Waals surface area contributed by atoms with Crippen LogP contribution >= 0.6 is 15.9 Å². The quantitative estimate of drug-likeness (QED) is 0.850. The zero-order valence-electron chi connectivity index (χ0n) is 11.2. The van der Waals surface area contributed by atoms with Crippen molar-refractivity contribution in [3.8, 4) is 0 Å². The molecule has 1 aromatic rings. The monoisotopic (exact) mass is 352 g/mol. The number of hydrogen-bond donors (Lipinski definition) is 2. The Balaban J connectivity index is 2.53. The minimum absolute atomic E-state index is 0.0245. The summed E-state index contributed by atoms with van der Waals surface area (Å²) < 4.78 is 0.828. The van der Waals surface area contributed by atoms with Gasteiger partial charge in [-0.15, -0.1) is 0 Å². The second-order valence-electron chi connectivity index (χ2n) is 4.67. The second-order valence-corrected chi connectivity index (χ2v) is 5.59. The van der Waals surface area contributed by atoms with E-state index in [1.165, 1.54) is 6.92 Å². The van der Waals surface area contributed by atoms with Crippen LogP contribution in [0.3, 0.4) is 0 Å². The summed E-state index contributed by atoms with van der Waals surface area (Å²) in [5, 5.41) is 9.90. The molecule has 0 bridgehead atoms. The summed E-state index contributed by atoms with van der Waals surface area (Å²) in [6.45, 7) is 0.888. The Hall–Kier alpha value is -2.15. The van der Waals surface area contributed by atoms with E-state index in [0.29, 0.717) is 5.56 Å². The second kappa shape index (κ2) is 5.69. The van der Waals surface area contributed by atoms with Crippen molar-refractivity contribution in [2.75, 3.05) is 6.54 Å². The number of carbonyl (C=O) groups is 3. The third-order valence-electron chi connectivity index (χ3n) is 3.19. The number of benzene rings is 1. The predicted octanol–water partition coefficient (Wildman–Crippen LogP) is 1.22. The summed E-state index contributed by atoms with van der Waals surface area (Å²) in [7, 11) is 0. The van der Waals surface area contributed by atoms with Crippen LogP contribution in [0.25, 0.3) is 0 Å². The Kier molecular flexibility index (Phi) is 4.13. The molecule has 0 fully saturated rings. The Bertz CT molecular complexity index is 651. The number of rotatable bonds is 4. The van der Waals surface area contributed by atoms with Gasteiger partial charge in [0.1, 0.15) is 6.54 Å². The van der Waals surface area contributed by atoms with Gasteiger partial charge in [-0.3, -0.25) is 14.4 Å². The van der Waals surface area contributed by atoms with Crippen LogP contribution in [0, 0.1) is 0 Å². The summed E-state index contributed by atoms with van der Waals surface area (Å²) in [6.07, 6.45) is 0. The van der Waals surface area contributed by atoms with Gasteiger partial charge in [-0.1, -0.05) is 28.1 Å². The number of aliphatic hydroxyl groups is 1. The summed E-state index contributed by atoms with van der Waals surface area (Å²) in [5.41, 5.74) is 5.73. The van der Waals surface area contributed by atoms with Gasteiger partial charge in [0.25, 0.3) is 5.91 Å². The number of nitrogens with two attached hydrogens (primary N) is 1.